The lowest BCUT2D eigenvalue weighted by Gasteiger charge is -2.08. The second-order valence-corrected chi connectivity index (χ2v) is 4.93. The van der Waals surface area contributed by atoms with Crippen LogP contribution in [0.4, 0.5) is 5.82 Å². The summed E-state index contributed by atoms with van der Waals surface area (Å²) < 4.78 is 0. The van der Waals surface area contributed by atoms with E-state index in [0.29, 0.717) is 15.9 Å². The Labute approximate surface area is 121 Å². The maximum atomic E-state index is 6.02. The molecule has 0 unspecified atom stereocenters. The molecule has 2 rings (SSSR count). The first-order valence-electron chi connectivity index (χ1n) is 5.46. The maximum absolute atomic E-state index is 6.02. The van der Waals surface area contributed by atoms with E-state index in [0.717, 1.165) is 13.0 Å². The Morgan fingerprint density at radius 2 is 1.72 bits per heavy atom. The van der Waals surface area contributed by atoms with Crippen LogP contribution < -0.4 is 5.32 Å². The quantitative estimate of drug-likeness (QED) is 0.828. The summed E-state index contributed by atoms with van der Waals surface area (Å²) in [6.45, 7) is 0.731. The van der Waals surface area contributed by atoms with E-state index >= 15 is 0 Å². The molecule has 0 atom stereocenters. The normalized spacial score (nSPS) is 10.4. The van der Waals surface area contributed by atoms with Crippen molar-refractivity contribution in [2.75, 3.05) is 11.9 Å². The molecule has 0 saturated heterocycles. The van der Waals surface area contributed by atoms with Gasteiger partial charge in [-0.1, -0.05) is 65.1 Å². The van der Waals surface area contributed by atoms with Crippen LogP contribution in [0.3, 0.4) is 0 Å². The fourth-order valence-corrected chi connectivity index (χ4v) is 2.10. The molecule has 1 aromatic carbocycles. The topological polar surface area (TPSA) is 24.9 Å². The highest BCUT2D eigenvalue weighted by Gasteiger charge is 2.07. The summed E-state index contributed by atoms with van der Waals surface area (Å²) in [5, 5.41) is 4.22. The second-order valence-electron chi connectivity index (χ2n) is 3.75. The molecule has 18 heavy (non-hydrogen) atoms. The van der Waals surface area contributed by atoms with Crippen LogP contribution in [0.25, 0.3) is 0 Å². The molecule has 2 aromatic rings. The molecule has 0 aliphatic rings. The fourth-order valence-electron chi connectivity index (χ4n) is 1.54. The number of nitrogens with zero attached hydrogens (tertiary/aromatic N) is 1. The van der Waals surface area contributed by atoms with Crippen molar-refractivity contribution in [2.45, 2.75) is 6.42 Å². The van der Waals surface area contributed by atoms with E-state index in [1.807, 2.05) is 18.2 Å². The number of hydrogen-bond acceptors (Lipinski definition) is 2. The zero-order chi connectivity index (χ0) is 13.0. The standard InChI is InChI=1S/C13H11Cl3N2/c14-10-8-11(15)13(18-12(10)16)17-7-6-9-4-2-1-3-5-9/h1-5,8H,6-7H2,(H,17,18). The largest absolute Gasteiger partial charge is 0.368 e. The summed E-state index contributed by atoms with van der Waals surface area (Å²) in [4.78, 5) is 4.09. The van der Waals surface area contributed by atoms with Crippen molar-refractivity contribution >= 4 is 40.6 Å². The van der Waals surface area contributed by atoms with Crippen molar-refractivity contribution in [1.82, 2.24) is 4.98 Å². The van der Waals surface area contributed by atoms with E-state index in [4.69, 9.17) is 34.8 Å². The highest BCUT2D eigenvalue weighted by Crippen LogP contribution is 2.28. The van der Waals surface area contributed by atoms with Gasteiger partial charge in [-0.25, -0.2) is 4.98 Å². The third kappa shape index (κ3) is 3.52. The average Bonchev–Trinajstić information content (AvgIpc) is 2.37. The van der Waals surface area contributed by atoms with E-state index in [1.165, 1.54) is 5.56 Å². The van der Waals surface area contributed by atoms with Crippen molar-refractivity contribution < 1.29 is 0 Å². The summed E-state index contributed by atoms with van der Waals surface area (Å²) >= 11 is 17.7. The highest BCUT2D eigenvalue weighted by molar-refractivity contribution is 6.42. The summed E-state index contributed by atoms with van der Waals surface area (Å²) in [5.41, 5.74) is 1.25. The summed E-state index contributed by atoms with van der Waals surface area (Å²) in [6, 6.07) is 11.8. The molecule has 2 nitrogen and oxygen atoms in total. The van der Waals surface area contributed by atoms with Gasteiger partial charge in [0, 0.05) is 6.54 Å². The summed E-state index contributed by atoms with van der Waals surface area (Å²) in [6.07, 6.45) is 0.888. The Morgan fingerprint density at radius 3 is 2.44 bits per heavy atom. The van der Waals surface area contributed by atoms with Crippen molar-refractivity contribution in [3.8, 4) is 0 Å². The van der Waals surface area contributed by atoms with Gasteiger partial charge in [-0.05, 0) is 18.1 Å². The van der Waals surface area contributed by atoms with Crippen LogP contribution in [0, 0.1) is 0 Å². The fraction of sp³-hybridized carbons (Fsp3) is 0.154. The molecule has 0 bridgehead atoms. The van der Waals surface area contributed by atoms with Crippen molar-refractivity contribution in [2.24, 2.45) is 0 Å². The molecule has 1 aromatic heterocycles. The molecule has 0 fully saturated rings. The smallest absolute Gasteiger partial charge is 0.150 e. The molecule has 0 radical (unpaired) electrons. The lowest BCUT2D eigenvalue weighted by molar-refractivity contribution is 1.01. The zero-order valence-corrected chi connectivity index (χ0v) is 11.7. The number of pyridine rings is 1. The number of anilines is 1. The molecule has 1 N–H and O–H groups in total. The molecule has 0 amide bonds. The minimum absolute atomic E-state index is 0.253. The van der Waals surface area contributed by atoms with Crippen molar-refractivity contribution in [1.29, 1.82) is 0 Å². The van der Waals surface area contributed by atoms with E-state index in [2.05, 4.69) is 22.4 Å². The number of halogens is 3. The molecular weight excluding hydrogens is 291 g/mol. The minimum Gasteiger partial charge on any atom is -0.368 e. The van der Waals surface area contributed by atoms with E-state index in [9.17, 15) is 0 Å². The van der Waals surface area contributed by atoms with Crippen LogP contribution in [0.1, 0.15) is 5.56 Å². The molecule has 0 aliphatic carbocycles. The van der Waals surface area contributed by atoms with Crippen LogP contribution in [-0.2, 0) is 6.42 Å². The van der Waals surface area contributed by atoms with Gasteiger partial charge in [-0.3, -0.25) is 0 Å². The van der Waals surface area contributed by atoms with Gasteiger partial charge in [0.15, 0.2) is 0 Å². The summed E-state index contributed by atoms with van der Waals surface area (Å²) in [5.74, 6) is 0.557. The first-order valence-corrected chi connectivity index (χ1v) is 6.59. The third-order valence-corrected chi connectivity index (χ3v) is 3.40. The number of hydrogen-bond donors (Lipinski definition) is 1. The van der Waals surface area contributed by atoms with Gasteiger partial charge in [-0.2, -0.15) is 0 Å². The summed E-state index contributed by atoms with van der Waals surface area (Å²) in [7, 11) is 0. The number of aromatic nitrogens is 1. The van der Waals surface area contributed by atoms with E-state index < -0.39 is 0 Å². The first-order chi connectivity index (χ1) is 8.66. The van der Waals surface area contributed by atoms with Gasteiger partial charge in [0.1, 0.15) is 11.0 Å². The monoisotopic (exact) mass is 300 g/mol. The third-order valence-electron chi connectivity index (χ3n) is 2.44. The molecule has 0 aliphatic heterocycles. The lowest BCUT2D eigenvalue weighted by atomic mass is 10.1. The molecule has 0 saturated carbocycles. The molecule has 94 valence electrons. The predicted octanol–water partition coefficient (Wildman–Crippen LogP) is 4.70. The average molecular weight is 302 g/mol. The van der Waals surface area contributed by atoms with Gasteiger partial charge in [0.25, 0.3) is 0 Å². The molecule has 0 spiro atoms. The van der Waals surface area contributed by atoms with Gasteiger partial charge in [-0.15, -0.1) is 0 Å². The van der Waals surface area contributed by atoms with Gasteiger partial charge < -0.3 is 5.32 Å². The van der Waals surface area contributed by atoms with E-state index in [-0.39, 0.29) is 5.15 Å². The van der Waals surface area contributed by atoms with Crippen LogP contribution in [0.15, 0.2) is 36.4 Å². The van der Waals surface area contributed by atoms with Gasteiger partial charge >= 0.3 is 0 Å². The Bertz CT molecular complexity index is 529. The van der Waals surface area contributed by atoms with Crippen molar-refractivity contribution in [3.63, 3.8) is 0 Å². The second kappa shape index (κ2) is 6.28. The number of benzene rings is 1. The van der Waals surface area contributed by atoms with Crippen LogP contribution in [0.5, 0.6) is 0 Å². The minimum atomic E-state index is 0.253. The highest BCUT2D eigenvalue weighted by atomic mass is 35.5. The first kappa shape index (κ1) is 13.5. The molecular formula is C13H11Cl3N2. The SMILES string of the molecule is Clc1cc(Cl)c(NCCc2ccccc2)nc1Cl. The lowest BCUT2D eigenvalue weighted by Crippen LogP contribution is -2.06. The van der Waals surface area contributed by atoms with E-state index in [1.54, 1.807) is 6.07 Å². The Balaban J connectivity index is 1.97. The maximum Gasteiger partial charge on any atom is 0.150 e. The Hall–Kier alpha value is -0.960. The molecule has 1 heterocycles. The Kier molecular flexibility index (Phi) is 4.70. The predicted molar refractivity (Wildman–Crippen MR) is 77.9 cm³/mol. The number of rotatable bonds is 4. The number of nitrogens with one attached hydrogen (secondary N) is 1. The van der Waals surface area contributed by atoms with Gasteiger partial charge in [0.05, 0.1) is 10.0 Å². The zero-order valence-electron chi connectivity index (χ0n) is 9.46. The Morgan fingerprint density at radius 1 is 1.00 bits per heavy atom. The van der Waals surface area contributed by atoms with Crippen LogP contribution >= 0.6 is 34.8 Å². The van der Waals surface area contributed by atoms with Crippen molar-refractivity contribution in [3.05, 3.63) is 57.2 Å². The van der Waals surface area contributed by atoms with Crippen LogP contribution in [0.2, 0.25) is 15.2 Å². The van der Waals surface area contributed by atoms with Gasteiger partial charge in [0.2, 0.25) is 0 Å². The molecule has 5 heteroatoms. The van der Waals surface area contributed by atoms with Crippen LogP contribution in [-0.4, -0.2) is 11.5 Å².